The first-order valence-corrected chi connectivity index (χ1v) is 13.4. The highest BCUT2D eigenvalue weighted by Crippen LogP contribution is 2.28. The molecule has 0 spiro atoms. The van der Waals surface area contributed by atoms with Crippen molar-refractivity contribution in [2.24, 2.45) is 5.92 Å². The molecule has 0 unspecified atom stereocenters. The van der Waals surface area contributed by atoms with E-state index in [0.717, 1.165) is 73.3 Å². The number of nitriles is 1. The summed E-state index contributed by atoms with van der Waals surface area (Å²) in [6, 6.07) is 15.0. The molecule has 0 bridgehead atoms. The van der Waals surface area contributed by atoms with E-state index >= 15 is 0 Å². The fraction of sp³-hybridized carbons (Fsp3) is 0.419. The fourth-order valence-electron chi connectivity index (χ4n) is 5.91. The summed E-state index contributed by atoms with van der Waals surface area (Å²) in [7, 11) is 0. The minimum Gasteiger partial charge on any atom is -0.360 e. The van der Waals surface area contributed by atoms with Crippen LogP contribution in [0.3, 0.4) is 0 Å². The number of rotatable bonds is 6. The molecule has 1 aromatic heterocycles. The standard InChI is InChI=1S/C31H36N4O.ClH/c1-22-3-2-4-29-27(21-33-31(22)29)9-12-30(36)34-28-10-6-23(7-11-28)13-16-35-17-14-25-8-5-24(20-32)19-26(25)15-18-35;/h2-5,8-9,12,19,21,23,28,33H,6-7,10-11,13-18H2,1H3,(H,34,36);1H/b12-9+;. The van der Waals surface area contributed by atoms with Crippen LogP contribution in [0.15, 0.2) is 48.7 Å². The lowest BCUT2D eigenvalue weighted by Gasteiger charge is -2.30. The van der Waals surface area contributed by atoms with Crippen molar-refractivity contribution in [3.63, 3.8) is 0 Å². The monoisotopic (exact) mass is 516 g/mol. The third-order valence-corrected chi connectivity index (χ3v) is 8.15. The zero-order valence-corrected chi connectivity index (χ0v) is 22.4. The van der Waals surface area contributed by atoms with Gasteiger partial charge in [0.1, 0.15) is 0 Å². The third kappa shape index (κ3) is 6.63. The van der Waals surface area contributed by atoms with Crippen molar-refractivity contribution in [3.8, 4) is 6.07 Å². The van der Waals surface area contributed by atoms with E-state index in [1.807, 2.05) is 18.3 Å². The molecule has 1 fully saturated rings. The quantitative estimate of drug-likeness (QED) is 0.398. The highest BCUT2D eigenvalue weighted by molar-refractivity contribution is 5.97. The van der Waals surface area contributed by atoms with E-state index in [1.54, 1.807) is 6.08 Å². The number of carbonyl (C=O) groups is 1. The van der Waals surface area contributed by atoms with Crippen molar-refractivity contribution in [1.29, 1.82) is 5.26 Å². The topological polar surface area (TPSA) is 71.9 Å². The minimum atomic E-state index is 0. The van der Waals surface area contributed by atoms with Crippen molar-refractivity contribution >= 4 is 35.3 Å². The Labute approximate surface area is 226 Å². The third-order valence-electron chi connectivity index (χ3n) is 8.15. The summed E-state index contributed by atoms with van der Waals surface area (Å²) in [6.45, 7) is 5.42. The molecule has 0 radical (unpaired) electrons. The first-order valence-electron chi connectivity index (χ1n) is 13.4. The van der Waals surface area contributed by atoms with Gasteiger partial charge in [-0.15, -0.1) is 12.4 Å². The van der Waals surface area contributed by atoms with E-state index in [0.29, 0.717) is 0 Å². The number of nitrogens with zero attached hydrogens (tertiary/aromatic N) is 2. The summed E-state index contributed by atoms with van der Waals surface area (Å²) >= 11 is 0. The number of aromatic nitrogens is 1. The fourth-order valence-corrected chi connectivity index (χ4v) is 5.91. The second-order valence-corrected chi connectivity index (χ2v) is 10.5. The summed E-state index contributed by atoms with van der Waals surface area (Å²) in [5.41, 5.74) is 6.92. The molecule has 1 saturated carbocycles. The van der Waals surface area contributed by atoms with Gasteiger partial charge in [-0.25, -0.2) is 0 Å². The van der Waals surface area contributed by atoms with Crippen LogP contribution in [0, 0.1) is 24.2 Å². The molecule has 2 heterocycles. The number of fused-ring (bicyclic) bond motifs is 2. The largest absolute Gasteiger partial charge is 0.360 e. The van der Waals surface area contributed by atoms with Gasteiger partial charge in [0.15, 0.2) is 0 Å². The van der Waals surface area contributed by atoms with Gasteiger partial charge in [-0.2, -0.15) is 5.26 Å². The van der Waals surface area contributed by atoms with Gasteiger partial charge in [-0.05, 0) is 105 Å². The maximum Gasteiger partial charge on any atom is 0.244 e. The number of amides is 1. The van der Waals surface area contributed by atoms with Gasteiger partial charge in [0.25, 0.3) is 0 Å². The Balaban J connectivity index is 0.00000320. The predicted molar refractivity (Wildman–Crippen MR) is 153 cm³/mol. The van der Waals surface area contributed by atoms with Crippen LogP contribution in [0.4, 0.5) is 0 Å². The maximum absolute atomic E-state index is 12.6. The number of benzene rings is 2. The lowest BCUT2D eigenvalue weighted by molar-refractivity contribution is -0.117. The zero-order valence-electron chi connectivity index (χ0n) is 21.6. The van der Waals surface area contributed by atoms with E-state index in [-0.39, 0.29) is 24.4 Å². The second kappa shape index (κ2) is 12.4. The first kappa shape index (κ1) is 27.0. The molecular weight excluding hydrogens is 480 g/mol. The highest BCUT2D eigenvalue weighted by atomic mass is 35.5. The zero-order chi connectivity index (χ0) is 24.9. The lowest BCUT2D eigenvalue weighted by atomic mass is 9.84. The SMILES string of the molecule is Cc1cccc2c(/C=C/C(=O)NC3CCC(CCN4CCc5ccc(C#N)cc5CC4)CC3)c[nH]c12.Cl. The van der Waals surface area contributed by atoms with Gasteiger partial charge < -0.3 is 15.2 Å². The molecule has 37 heavy (non-hydrogen) atoms. The molecule has 0 saturated heterocycles. The summed E-state index contributed by atoms with van der Waals surface area (Å²) < 4.78 is 0. The Bertz CT molecular complexity index is 1300. The van der Waals surface area contributed by atoms with Crippen LogP contribution in [0.25, 0.3) is 17.0 Å². The molecule has 0 atom stereocenters. The molecule has 5 rings (SSSR count). The van der Waals surface area contributed by atoms with Crippen LogP contribution in [0.2, 0.25) is 0 Å². The summed E-state index contributed by atoms with van der Waals surface area (Å²) in [4.78, 5) is 18.5. The number of para-hydroxylation sites is 1. The molecule has 194 valence electrons. The summed E-state index contributed by atoms with van der Waals surface area (Å²) in [5.74, 6) is 0.753. The predicted octanol–water partition coefficient (Wildman–Crippen LogP) is 5.95. The normalized spacial score (nSPS) is 20.1. The van der Waals surface area contributed by atoms with Crippen LogP contribution < -0.4 is 5.32 Å². The number of nitrogens with one attached hydrogen (secondary N) is 2. The Morgan fingerprint density at radius 2 is 1.92 bits per heavy atom. The first-order chi connectivity index (χ1) is 17.6. The number of halogens is 1. The van der Waals surface area contributed by atoms with Crippen molar-refractivity contribution in [2.75, 3.05) is 19.6 Å². The van der Waals surface area contributed by atoms with Crippen molar-refractivity contribution in [1.82, 2.24) is 15.2 Å². The van der Waals surface area contributed by atoms with Crippen molar-refractivity contribution in [3.05, 3.63) is 76.5 Å². The van der Waals surface area contributed by atoms with Crippen LogP contribution in [0.5, 0.6) is 0 Å². The minimum absolute atomic E-state index is 0. The summed E-state index contributed by atoms with van der Waals surface area (Å²) in [5, 5.41) is 13.6. The molecule has 1 aliphatic carbocycles. The highest BCUT2D eigenvalue weighted by Gasteiger charge is 2.23. The van der Waals surface area contributed by atoms with Crippen LogP contribution in [-0.4, -0.2) is 41.5 Å². The van der Waals surface area contributed by atoms with E-state index in [1.165, 1.54) is 36.0 Å². The van der Waals surface area contributed by atoms with Crippen molar-refractivity contribution in [2.45, 2.75) is 57.9 Å². The van der Waals surface area contributed by atoms with Crippen LogP contribution in [0.1, 0.15) is 59.9 Å². The Morgan fingerprint density at radius 3 is 2.70 bits per heavy atom. The van der Waals surface area contributed by atoms with Crippen LogP contribution in [-0.2, 0) is 17.6 Å². The molecule has 1 aliphatic heterocycles. The number of hydrogen-bond acceptors (Lipinski definition) is 3. The lowest BCUT2D eigenvalue weighted by Crippen LogP contribution is -2.37. The van der Waals surface area contributed by atoms with Gasteiger partial charge in [-0.1, -0.05) is 24.3 Å². The van der Waals surface area contributed by atoms with Gasteiger partial charge >= 0.3 is 0 Å². The maximum atomic E-state index is 12.6. The number of hydrogen-bond donors (Lipinski definition) is 2. The van der Waals surface area contributed by atoms with Crippen molar-refractivity contribution < 1.29 is 4.79 Å². The summed E-state index contributed by atoms with van der Waals surface area (Å²) in [6.07, 6.45) is 13.4. The van der Waals surface area contributed by atoms with Gasteiger partial charge in [0.05, 0.1) is 11.6 Å². The molecule has 2 N–H and O–H groups in total. The second-order valence-electron chi connectivity index (χ2n) is 10.5. The number of H-pyrrole nitrogens is 1. The number of aromatic amines is 1. The van der Waals surface area contributed by atoms with E-state index in [9.17, 15) is 10.1 Å². The molecule has 6 heteroatoms. The molecule has 3 aromatic rings. The Kier molecular flexibility index (Phi) is 9.08. The molecular formula is C31H37ClN4O. The van der Waals surface area contributed by atoms with E-state index in [2.05, 4.69) is 58.5 Å². The molecule has 2 aromatic carbocycles. The van der Waals surface area contributed by atoms with Crippen LogP contribution >= 0.6 is 12.4 Å². The molecule has 2 aliphatic rings. The van der Waals surface area contributed by atoms with Gasteiger partial charge in [0.2, 0.25) is 5.91 Å². The van der Waals surface area contributed by atoms with Gasteiger partial charge in [0, 0.05) is 42.3 Å². The van der Waals surface area contributed by atoms with E-state index in [4.69, 9.17) is 0 Å². The number of aryl methyl sites for hydroxylation is 1. The Morgan fingerprint density at radius 1 is 1.14 bits per heavy atom. The average molecular weight is 517 g/mol. The smallest absolute Gasteiger partial charge is 0.244 e. The molecule has 1 amide bonds. The van der Waals surface area contributed by atoms with Gasteiger partial charge in [-0.3, -0.25) is 4.79 Å². The van der Waals surface area contributed by atoms with E-state index < -0.39 is 0 Å². The number of carbonyl (C=O) groups excluding carboxylic acids is 1. The Hall–Kier alpha value is -3.07. The molecule has 5 nitrogen and oxygen atoms in total. The average Bonchev–Trinajstić information content (AvgIpc) is 3.21.